The van der Waals surface area contributed by atoms with Gasteiger partial charge in [0.2, 0.25) is 0 Å². The first-order valence-corrected chi connectivity index (χ1v) is 5.04. The summed E-state index contributed by atoms with van der Waals surface area (Å²) in [5.41, 5.74) is 7.18. The van der Waals surface area contributed by atoms with Gasteiger partial charge in [-0.1, -0.05) is 6.07 Å². The predicted octanol–water partition coefficient (Wildman–Crippen LogP) is 2.31. The van der Waals surface area contributed by atoms with Crippen LogP contribution in [-0.4, -0.2) is 4.98 Å². The second-order valence-electron chi connectivity index (χ2n) is 3.52. The van der Waals surface area contributed by atoms with Crippen molar-refractivity contribution in [2.45, 2.75) is 18.9 Å². The van der Waals surface area contributed by atoms with Crippen molar-refractivity contribution in [3.05, 3.63) is 54.2 Å². The average Bonchev–Trinajstić information content (AvgIpc) is 2.81. The van der Waals surface area contributed by atoms with Crippen LogP contribution in [0.25, 0.3) is 0 Å². The summed E-state index contributed by atoms with van der Waals surface area (Å²) in [5.74, 6) is 0.846. The third kappa shape index (κ3) is 2.67. The minimum Gasteiger partial charge on any atom is -0.468 e. The second kappa shape index (κ2) is 4.75. The molecule has 1 unspecified atom stereocenters. The van der Waals surface area contributed by atoms with E-state index >= 15 is 0 Å². The fourth-order valence-corrected chi connectivity index (χ4v) is 1.51. The quantitative estimate of drug-likeness (QED) is 0.827. The van der Waals surface area contributed by atoms with E-state index in [0.717, 1.165) is 18.6 Å². The van der Waals surface area contributed by atoms with Gasteiger partial charge in [-0.25, -0.2) is 0 Å². The van der Waals surface area contributed by atoms with Crippen LogP contribution in [0, 0.1) is 0 Å². The maximum atomic E-state index is 5.97. The van der Waals surface area contributed by atoms with Crippen LogP contribution in [-0.2, 0) is 6.42 Å². The smallest absolute Gasteiger partial charge is 0.120 e. The highest BCUT2D eigenvalue weighted by atomic mass is 16.3. The lowest BCUT2D eigenvalue weighted by atomic mass is 10.1. The first-order chi connectivity index (χ1) is 7.36. The van der Waals surface area contributed by atoms with Gasteiger partial charge in [0, 0.05) is 12.4 Å². The largest absolute Gasteiger partial charge is 0.468 e. The number of pyridine rings is 1. The van der Waals surface area contributed by atoms with E-state index in [-0.39, 0.29) is 6.04 Å². The molecule has 78 valence electrons. The molecular formula is C12H14N2O. The molecule has 0 fully saturated rings. The molecule has 0 saturated heterocycles. The van der Waals surface area contributed by atoms with E-state index in [1.807, 2.05) is 24.4 Å². The molecule has 0 aromatic carbocycles. The molecule has 2 N–H and O–H groups in total. The Balaban J connectivity index is 1.89. The number of nitrogens with zero attached hydrogens (tertiary/aromatic N) is 1. The van der Waals surface area contributed by atoms with Crippen LogP contribution in [0.4, 0.5) is 0 Å². The number of aryl methyl sites for hydroxylation is 1. The zero-order valence-corrected chi connectivity index (χ0v) is 8.47. The fourth-order valence-electron chi connectivity index (χ4n) is 1.51. The van der Waals surface area contributed by atoms with Gasteiger partial charge in [-0.15, -0.1) is 0 Å². The van der Waals surface area contributed by atoms with E-state index < -0.39 is 0 Å². The predicted molar refractivity (Wildman–Crippen MR) is 58.2 cm³/mol. The average molecular weight is 202 g/mol. The summed E-state index contributed by atoms with van der Waals surface area (Å²) in [6.07, 6.45) is 7.10. The summed E-state index contributed by atoms with van der Waals surface area (Å²) in [6, 6.07) is 7.74. The standard InChI is InChI=1S/C12H14N2O/c13-11(12-4-2-8-15-12)6-5-10-3-1-7-14-9-10/h1-4,7-9,11H,5-6,13H2. The topological polar surface area (TPSA) is 52.0 Å². The van der Waals surface area contributed by atoms with Crippen molar-refractivity contribution >= 4 is 0 Å². The Kier molecular flexibility index (Phi) is 3.15. The van der Waals surface area contributed by atoms with Crippen molar-refractivity contribution in [3.63, 3.8) is 0 Å². The fraction of sp³-hybridized carbons (Fsp3) is 0.250. The van der Waals surface area contributed by atoms with Crippen molar-refractivity contribution in [1.29, 1.82) is 0 Å². The van der Waals surface area contributed by atoms with Gasteiger partial charge in [0.05, 0.1) is 12.3 Å². The van der Waals surface area contributed by atoms with Gasteiger partial charge in [0.1, 0.15) is 5.76 Å². The lowest BCUT2D eigenvalue weighted by Gasteiger charge is -2.07. The summed E-state index contributed by atoms with van der Waals surface area (Å²) in [5, 5.41) is 0. The summed E-state index contributed by atoms with van der Waals surface area (Å²) in [7, 11) is 0. The van der Waals surface area contributed by atoms with Crippen LogP contribution >= 0.6 is 0 Å². The second-order valence-corrected chi connectivity index (χ2v) is 3.52. The Bertz CT molecular complexity index is 383. The lowest BCUT2D eigenvalue weighted by molar-refractivity contribution is 0.452. The van der Waals surface area contributed by atoms with Crippen LogP contribution in [0.3, 0.4) is 0 Å². The van der Waals surface area contributed by atoms with Gasteiger partial charge in [-0.3, -0.25) is 4.98 Å². The Morgan fingerprint density at radius 1 is 1.33 bits per heavy atom. The van der Waals surface area contributed by atoms with Crippen molar-refractivity contribution in [2.75, 3.05) is 0 Å². The maximum Gasteiger partial charge on any atom is 0.120 e. The lowest BCUT2D eigenvalue weighted by Crippen LogP contribution is -2.10. The number of aromatic nitrogens is 1. The van der Waals surface area contributed by atoms with Gasteiger partial charge >= 0.3 is 0 Å². The first-order valence-electron chi connectivity index (χ1n) is 5.04. The summed E-state index contributed by atoms with van der Waals surface area (Å²) < 4.78 is 5.24. The van der Waals surface area contributed by atoms with Crippen LogP contribution < -0.4 is 5.73 Å². The molecule has 15 heavy (non-hydrogen) atoms. The van der Waals surface area contributed by atoms with Crippen LogP contribution in [0.15, 0.2) is 47.3 Å². The van der Waals surface area contributed by atoms with Gasteiger partial charge in [0.15, 0.2) is 0 Å². The van der Waals surface area contributed by atoms with E-state index in [1.165, 1.54) is 5.56 Å². The molecule has 2 rings (SSSR count). The third-order valence-electron chi connectivity index (χ3n) is 2.38. The highest BCUT2D eigenvalue weighted by molar-refractivity contribution is 5.10. The SMILES string of the molecule is NC(CCc1cccnc1)c1ccco1. The highest BCUT2D eigenvalue weighted by Gasteiger charge is 2.08. The molecule has 2 aromatic heterocycles. The van der Waals surface area contributed by atoms with Gasteiger partial charge in [-0.2, -0.15) is 0 Å². The zero-order valence-electron chi connectivity index (χ0n) is 8.47. The van der Waals surface area contributed by atoms with Crippen molar-refractivity contribution < 1.29 is 4.42 Å². The number of nitrogens with two attached hydrogens (primary N) is 1. The maximum absolute atomic E-state index is 5.97. The van der Waals surface area contributed by atoms with Gasteiger partial charge in [0.25, 0.3) is 0 Å². The molecule has 0 saturated carbocycles. The number of hydrogen-bond acceptors (Lipinski definition) is 3. The summed E-state index contributed by atoms with van der Waals surface area (Å²) in [6.45, 7) is 0. The third-order valence-corrected chi connectivity index (χ3v) is 2.38. The minimum absolute atomic E-state index is 0.0276. The normalized spacial score (nSPS) is 12.6. The van der Waals surface area contributed by atoms with E-state index in [4.69, 9.17) is 10.2 Å². The molecule has 0 radical (unpaired) electrons. The molecule has 0 bridgehead atoms. The van der Waals surface area contributed by atoms with Crippen LogP contribution in [0.5, 0.6) is 0 Å². The molecule has 0 aliphatic carbocycles. The zero-order chi connectivity index (χ0) is 10.5. The Morgan fingerprint density at radius 3 is 2.93 bits per heavy atom. The van der Waals surface area contributed by atoms with Gasteiger partial charge in [-0.05, 0) is 36.6 Å². The van der Waals surface area contributed by atoms with Gasteiger partial charge < -0.3 is 10.2 Å². The molecule has 3 nitrogen and oxygen atoms in total. The molecule has 0 aliphatic rings. The molecular weight excluding hydrogens is 188 g/mol. The minimum atomic E-state index is -0.0276. The molecule has 1 atom stereocenters. The Labute approximate surface area is 88.9 Å². The van der Waals surface area contributed by atoms with Crippen molar-refractivity contribution in [2.24, 2.45) is 5.73 Å². The highest BCUT2D eigenvalue weighted by Crippen LogP contribution is 2.16. The molecule has 0 aliphatic heterocycles. The monoisotopic (exact) mass is 202 g/mol. The molecule has 3 heteroatoms. The van der Waals surface area contributed by atoms with E-state index in [9.17, 15) is 0 Å². The Morgan fingerprint density at radius 2 is 2.27 bits per heavy atom. The summed E-state index contributed by atoms with van der Waals surface area (Å²) in [4.78, 5) is 4.06. The van der Waals surface area contributed by atoms with Crippen LogP contribution in [0.2, 0.25) is 0 Å². The molecule has 2 heterocycles. The van der Waals surface area contributed by atoms with Crippen LogP contribution in [0.1, 0.15) is 23.8 Å². The van der Waals surface area contributed by atoms with E-state index in [0.29, 0.717) is 0 Å². The number of hydrogen-bond donors (Lipinski definition) is 1. The molecule has 0 amide bonds. The number of rotatable bonds is 4. The van der Waals surface area contributed by atoms with E-state index in [1.54, 1.807) is 12.5 Å². The van der Waals surface area contributed by atoms with E-state index in [2.05, 4.69) is 11.1 Å². The van der Waals surface area contributed by atoms with Crippen molar-refractivity contribution in [1.82, 2.24) is 4.98 Å². The summed E-state index contributed by atoms with van der Waals surface area (Å²) >= 11 is 0. The molecule has 0 spiro atoms. The van der Waals surface area contributed by atoms with Crippen molar-refractivity contribution in [3.8, 4) is 0 Å². The number of furan rings is 1. The Hall–Kier alpha value is -1.61. The first kappa shape index (κ1) is 9.93. The molecule has 2 aromatic rings.